The minimum absolute atomic E-state index is 0.0878. The molecule has 3 amide bonds. The van der Waals surface area contributed by atoms with E-state index in [0.29, 0.717) is 22.7 Å². The normalized spacial score (nSPS) is 29.4. The van der Waals surface area contributed by atoms with E-state index in [4.69, 9.17) is 11.6 Å². The molecule has 3 aliphatic heterocycles. The number of H-pyrrole nitrogens is 1. The zero-order valence-electron chi connectivity index (χ0n) is 20.6. The van der Waals surface area contributed by atoms with Crippen LogP contribution in [-0.2, 0) is 26.3 Å². The number of carbonyl (C=O) groups excluding carboxylic acids is 3. The fourth-order valence-electron chi connectivity index (χ4n) is 7.47. The molecule has 1 aliphatic carbocycles. The van der Waals surface area contributed by atoms with Crippen LogP contribution in [0.2, 0.25) is 5.02 Å². The number of likely N-dealkylation sites (tertiary alicyclic amines) is 1. The van der Waals surface area contributed by atoms with Gasteiger partial charge in [-0.3, -0.25) is 24.6 Å². The van der Waals surface area contributed by atoms with E-state index < -0.39 is 17.4 Å². The molecule has 0 unspecified atom stereocenters. The van der Waals surface area contributed by atoms with E-state index in [2.05, 4.69) is 21.7 Å². The van der Waals surface area contributed by atoms with Crippen LogP contribution >= 0.6 is 11.6 Å². The number of amides is 3. The molecule has 2 saturated heterocycles. The number of rotatable bonds is 3. The number of nitrogens with zero attached hydrogens (tertiary/aromatic N) is 1. The molecule has 4 aliphatic rings. The summed E-state index contributed by atoms with van der Waals surface area (Å²) in [7, 11) is 0. The molecule has 3 fully saturated rings. The topological polar surface area (TPSA) is 94.3 Å². The largest absolute Gasteiger partial charge is 0.361 e. The average Bonchev–Trinajstić information content (AvgIpc) is 3.60. The SMILES string of the molecule is Cc1cc(Cl)cc2c1NC(=O)[C@@]21N[C@H](Cc2c[nH]c3ccccc23)[C@H]2C(=O)N(C3CCCCC3)C(=O)[C@H]21. The fraction of sp³-hybridized carbons (Fsp3) is 0.414. The van der Waals surface area contributed by atoms with E-state index in [-0.39, 0.29) is 29.8 Å². The maximum atomic E-state index is 14.2. The molecule has 190 valence electrons. The third kappa shape index (κ3) is 3.13. The Morgan fingerprint density at radius 1 is 1.05 bits per heavy atom. The number of nitrogens with one attached hydrogen (secondary N) is 3. The van der Waals surface area contributed by atoms with Gasteiger partial charge in [-0.1, -0.05) is 49.1 Å². The molecular formula is C29H29ClN4O3. The summed E-state index contributed by atoms with van der Waals surface area (Å²) in [5, 5.41) is 8.18. The zero-order chi connectivity index (χ0) is 25.5. The van der Waals surface area contributed by atoms with Crippen molar-refractivity contribution in [1.82, 2.24) is 15.2 Å². The Morgan fingerprint density at radius 3 is 2.65 bits per heavy atom. The summed E-state index contributed by atoms with van der Waals surface area (Å²) in [6.07, 6.45) is 7.30. The summed E-state index contributed by atoms with van der Waals surface area (Å²) in [6, 6.07) is 11.2. The number of hydrogen-bond donors (Lipinski definition) is 3. The summed E-state index contributed by atoms with van der Waals surface area (Å²) >= 11 is 6.48. The summed E-state index contributed by atoms with van der Waals surface area (Å²) in [5.74, 6) is -2.08. The number of hydrogen-bond acceptors (Lipinski definition) is 4. The summed E-state index contributed by atoms with van der Waals surface area (Å²) < 4.78 is 0. The molecule has 0 radical (unpaired) electrons. The van der Waals surface area contributed by atoms with Crippen molar-refractivity contribution in [2.45, 2.75) is 63.1 Å². The molecule has 2 aromatic carbocycles. The van der Waals surface area contributed by atoms with Gasteiger partial charge in [0.1, 0.15) is 5.54 Å². The Kier molecular flexibility index (Phi) is 5.08. The van der Waals surface area contributed by atoms with Gasteiger partial charge in [-0.15, -0.1) is 0 Å². The molecule has 0 bridgehead atoms. The molecular weight excluding hydrogens is 488 g/mol. The number of aryl methyl sites for hydroxylation is 1. The molecule has 7 rings (SSSR count). The summed E-state index contributed by atoms with van der Waals surface area (Å²) in [5.41, 5.74) is 2.94. The number of fused-ring (bicyclic) bond motifs is 5. The van der Waals surface area contributed by atoms with Gasteiger partial charge in [0.15, 0.2) is 0 Å². The Balaban J connectivity index is 1.37. The lowest BCUT2D eigenvalue weighted by molar-refractivity contribution is -0.146. The highest BCUT2D eigenvalue weighted by Crippen LogP contribution is 2.55. The van der Waals surface area contributed by atoms with Gasteiger partial charge in [-0.05, 0) is 55.5 Å². The molecule has 3 N–H and O–H groups in total. The fourth-order valence-corrected chi connectivity index (χ4v) is 7.74. The van der Waals surface area contributed by atoms with Crippen LogP contribution in [0.3, 0.4) is 0 Å². The lowest BCUT2D eigenvalue weighted by Gasteiger charge is -2.34. The number of benzene rings is 2. The van der Waals surface area contributed by atoms with Crippen molar-refractivity contribution in [3.8, 4) is 0 Å². The first-order valence-electron chi connectivity index (χ1n) is 13.2. The van der Waals surface area contributed by atoms with Crippen molar-refractivity contribution in [3.05, 3.63) is 64.3 Å². The number of aromatic amines is 1. The third-order valence-electron chi connectivity index (χ3n) is 9.07. The predicted octanol–water partition coefficient (Wildman–Crippen LogP) is 4.43. The number of imide groups is 1. The zero-order valence-corrected chi connectivity index (χ0v) is 21.4. The Bertz CT molecular complexity index is 1480. The van der Waals surface area contributed by atoms with Gasteiger partial charge >= 0.3 is 0 Å². The van der Waals surface area contributed by atoms with Crippen molar-refractivity contribution >= 4 is 45.9 Å². The highest BCUT2D eigenvalue weighted by atomic mass is 35.5. The Labute approximate surface area is 219 Å². The van der Waals surface area contributed by atoms with Gasteiger partial charge in [-0.2, -0.15) is 0 Å². The number of carbonyl (C=O) groups is 3. The molecule has 1 saturated carbocycles. The molecule has 1 aromatic heterocycles. The minimum atomic E-state index is -1.33. The van der Waals surface area contributed by atoms with Crippen molar-refractivity contribution in [2.75, 3.05) is 5.32 Å². The molecule has 8 heteroatoms. The predicted molar refractivity (Wildman–Crippen MR) is 141 cm³/mol. The third-order valence-corrected chi connectivity index (χ3v) is 9.29. The van der Waals surface area contributed by atoms with Crippen LogP contribution in [0.5, 0.6) is 0 Å². The smallest absolute Gasteiger partial charge is 0.250 e. The molecule has 37 heavy (non-hydrogen) atoms. The lowest BCUT2D eigenvalue weighted by atomic mass is 9.76. The van der Waals surface area contributed by atoms with E-state index in [0.717, 1.165) is 54.1 Å². The van der Waals surface area contributed by atoms with Gasteiger partial charge in [0, 0.05) is 45.5 Å². The van der Waals surface area contributed by atoms with Crippen molar-refractivity contribution in [1.29, 1.82) is 0 Å². The van der Waals surface area contributed by atoms with Crippen LogP contribution < -0.4 is 10.6 Å². The molecule has 4 heterocycles. The highest BCUT2D eigenvalue weighted by molar-refractivity contribution is 6.31. The average molecular weight is 517 g/mol. The summed E-state index contributed by atoms with van der Waals surface area (Å²) in [4.78, 5) is 47.0. The Hall–Kier alpha value is -3.16. The van der Waals surface area contributed by atoms with Crippen LogP contribution in [0.4, 0.5) is 5.69 Å². The maximum Gasteiger partial charge on any atom is 0.250 e. The summed E-state index contributed by atoms with van der Waals surface area (Å²) in [6.45, 7) is 1.90. The van der Waals surface area contributed by atoms with Crippen LogP contribution in [0.15, 0.2) is 42.6 Å². The molecule has 3 aromatic rings. The first kappa shape index (κ1) is 23.0. The van der Waals surface area contributed by atoms with Crippen molar-refractivity contribution in [2.24, 2.45) is 11.8 Å². The number of aromatic nitrogens is 1. The van der Waals surface area contributed by atoms with Gasteiger partial charge in [-0.25, -0.2) is 0 Å². The lowest BCUT2D eigenvalue weighted by Crippen LogP contribution is -2.54. The molecule has 7 nitrogen and oxygen atoms in total. The van der Waals surface area contributed by atoms with Crippen LogP contribution in [-0.4, -0.2) is 39.7 Å². The maximum absolute atomic E-state index is 14.2. The van der Waals surface area contributed by atoms with E-state index in [9.17, 15) is 14.4 Å². The second kappa shape index (κ2) is 8.17. The van der Waals surface area contributed by atoms with Gasteiger partial charge in [0.25, 0.3) is 0 Å². The first-order chi connectivity index (χ1) is 17.9. The quantitative estimate of drug-likeness (QED) is 0.449. The van der Waals surface area contributed by atoms with Crippen LogP contribution in [0, 0.1) is 18.8 Å². The molecule has 1 spiro atoms. The van der Waals surface area contributed by atoms with Gasteiger partial charge in [0.2, 0.25) is 17.7 Å². The second-order valence-corrected chi connectivity index (χ2v) is 11.5. The van der Waals surface area contributed by atoms with E-state index in [1.807, 2.05) is 37.4 Å². The number of anilines is 1. The first-order valence-corrected chi connectivity index (χ1v) is 13.6. The van der Waals surface area contributed by atoms with E-state index in [1.165, 1.54) is 4.90 Å². The highest BCUT2D eigenvalue weighted by Gasteiger charge is 2.71. The van der Waals surface area contributed by atoms with E-state index in [1.54, 1.807) is 6.07 Å². The second-order valence-electron chi connectivity index (χ2n) is 11.1. The minimum Gasteiger partial charge on any atom is -0.361 e. The van der Waals surface area contributed by atoms with E-state index >= 15 is 0 Å². The molecule has 4 atom stereocenters. The van der Waals surface area contributed by atoms with Crippen molar-refractivity contribution < 1.29 is 14.4 Å². The van der Waals surface area contributed by atoms with Crippen LogP contribution in [0.1, 0.15) is 48.8 Å². The van der Waals surface area contributed by atoms with Gasteiger partial charge in [0.05, 0.1) is 11.8 Å². The standard InChI is InChI=1S/C29H29ClN4O3/c1-15-11-17(30)13-20-25(15)32-28(37)29(20)24-23(26(35)34(27(24)36)18-7-3-2-4-8-18)22(33-29)12-16-14-31-21-10-6-5-9-19(16)21/h5-6,9-11,13-14,18,22-24,31,33H,2-4,7-8,12H2,1H3,(H,32,37)/t22-,23-,24+,29-/m1/s1. The number of para-hydroxylation sites is 1. The number of halogens is 1. The van der Waals surface area contributed by atoms with Gasteiger partial charge < -0.3 is 10.3 Å². The monoisotopic (exact) mass is 516 g/mol. The van der Waals surface area contributed by atoms with Crippen molar-refractivity contribution in [3.63, 3.8) is 0 Å². The Morgan fingerprint density at radius 2 is 1.84 bits per heavy atom. The van der Waals surface area contributed by atoms with Crippen LogP contribution in [0.25, 0.3) is 10.9 Å².